The molecule has 2 heterocycles. The summed E-state index contributed by atoms with van der Waals surface area (Å²) in [5.41, 5.74) is 3.24. The van der Waals surface area contributed by atoms with E-state index in [2.05, 4.69) is 9.97 Å². The number of nitrogens with zero attached hydrogens (tertiary/aromatic N) is 2. The summed E-state index contributed by atoms with van der Waals surface area (Å²) >= 11 is 3.06. The lowest BCUT2D eigenvalue weighted by molar-refractivity contribution is 0.477. The smallest absolute Gasteiger partial charge is 0.128 e. The van der Waals surface area contributed by atoms with E-state index in [1.54, 1.807) is 24.3 Å². The fourth-order valence-corrected chi connectivity index (χ4v) is 4.92. The molecule has 126 valence electrons. The van der Waals surface area contributed by atoms with Crippen molar-refractivity contribution in [3.8, 4) is 32.6 Å². The van der Waals surface area contributed by atoms with Crippen LogP contribution in [0.1, 0.15) is 0 Å². The zero-order valence-corrected chi connectivity index (χ0v) is 15.0. The van der Waals surface area contributed by atoms with E-state index in [0.29, 0.717) is 0 Å². The number of hydrogen-bond acceptors (Lipinski definition) is 6. The van der Waals surface area contributed by atoms with Crippen molar-refractivity contribution in [1.82, 2.24) is 9.97 Å². The second-order valence-electron chi connectivity index (χ2n) is 5.86. The summed E-state index contributed by atoms with van der Waals surface area (Å²) in [4.78, 5) is 9.36. The molecule has 5 rings (SSSR count). The maximum Gasteiger partial charge on any atom is 0.128 e. The predicted octanol–water partition coefficient (Wildman–Crippen LogP) is 5.65. The van der Waals surface area contributed by atoms with E-state index >= 15 is 0 Å². The third-order valence-electron chi connectivity index (χ3n) is 4.17. The first-order valence-corrected chi connectivity index (χ1v) is 9.60. The fraction of sp³-hybridized carbons (Fsp3) is 0. The van der Waals surface area contributed by atoms with Gasteiger partial charge in [0.05, 0.1) is 31.6 Å². The molecule has 6 heteroatoms. The number of rotatable bonds is 2. The van der Waals surface area contributed by atoms with Crippen LogP contribution < -0.4 is 0 Å². The molecule has 0 radical (unpaired) electrons. The number of hydrogen-bond donors (Lipinski definition) is 2. The van der Waals surface area contributed by atoms with Crippen LogP contribution in [0.2, 0.25) is 0 Å². The summed E-state index contributed by atoms with van der Waals surface area (Å²) in [6.07, 6.45) is 0. The number of thiazole rings is 2. The van der Waals surface area contributed by atoms with Gasteiger partial charge < -0.3 is 10.2 Å². The lowest BCUT2D eigenvalue weighted by atomic mass is 10.2. The van der Waals surface area contributed by atoms with Gasteiger partial charge in [0.15, 0.2) is 0 Å². The molecule has 0 amide bonds. The molecule has 0 fully saturated rings. The molecule has 0 unspecified atom stereocenters. The average molecular weight is 376 g/mol. The largest absolute Gasteiger partial charge is 0.507 e. The van der Waals surface area contributed by atoms with Crippen LogP contribution in [-0.2, 0) is 0 Å². The molecule has 0 saturated heterocycles. The number of fused-ring (bicyclic) bond motifs is 2. The molecule has 26 heavy (non-hydrogen) atoms. The van der Waals surface area contributed by atoms with E-state index in [4.69, 9.17) is 0 Å². The molecule has 0 spiro atoms. The number of aromatic nitrogens is 2. The Morgan fingerprint density at radius 1 is 0.615 bits per heavy atom. The van der Waals surface area contributed by atoms with Gasteiger partial charge >= 0.3 is 0 Å². The van der Waals surface area contributed by atoms with Crippen LogP contribution in [-0.4, -0.2) is 20.2 Å². The van der Waals surface area contributed by atoms with Crippen LogP contribution >= 0.6 is 22.7 Å². The van der Waals surface area contributed by atoms with Crippen molar-refractivity contribution in [2.24, 2.45) is 0 Å². The third-order valence-corrected chi connectivity index (χ3v) is 6.27. The molecule has 2 aromatic heterocycles. The predicted molar refractivity (Wildman–Crippen MR) is 107 cm³/mol. The highest BCUT2D eigenvalue weighted by Crippen LogP contribution is 2.39. The first kappa shape index (κ1) is 15.3. The molecular weight excluding hydrogens is 364 g/mol. The van der Waals surface area contributed by atoms with Gasteiger partial charge in [0.1, 0.15) is 21.5 Å². The van der Waals surface area contributed by atoms with Crippen LogP contribution in [0.3, 0.4) is 0 Å². The molecule has 0 atom stereocenters. The zero-order valence-electron chi connectivity index (χ0n) is 13.4. The maximum atomic E-state index is 10.1. The van der Waals surface area contributed by atoms with Crippen molar-refractivity contribution < 1.29 is 10.2 Å². The van der Waals surface area contributed by atoms with Crippen molar-refractivity contribution in [3.05, 3.63) is 60.7 Å². The summed E-state index contributed by atoms with van der Waals surface area (Å²) in [5.74, 6) is 0.460. The molecule has 0 bridgehead atoms. The van der Waals surface area contributed by atoms with Crippen LogP contribution in [0.25, 0.3) is 41.6 Å². The molecular formula is C20H12N2O2S2. The fourth-order valence-electron chi connectivity index (χ4n) is 2.89. The topological polar surface area (TPSA) is 66.2 Å². The minimum absolute atomic E-state index is 0.230. The molecule has 3 aromatic carbocycles. The van der Waals surface area contributed by atoms with Crippen molar-refractivity contribution in [2.45, 2.75) is 0 Å². The Kier molecular flexibility index (Phi) is 3.41. The zero-order chi connectivity index (χ0) is 17.7. The van der Waals surface area contributed by atoms with Crippen molar-refractivity contribution in [1.29, 1.82) is 0 Å². The van der Waals surface area contributed by atoms with Crippen molar-refractivity contribution in [2.75, 3.05) is 0 Å². The number of phenolic OH excluding ortho intramolecular Hbond substituents is 2. The van der Waals surface area contributed by atoms with E-state index < -0.39 is 0 Å². The summed E-state index contributed by atoms with van der Waals surface area (Å²) in [6.45, 7) is 0. The average Bonchev–Trinajstić information content (AvgIpc) is 3.23. The molecule has 0 aliphatic carbocycles. The first-order chi connectivity index (χ1) is 12.7. The van der Waals surface area contributed by atoms with Gasteiger partial charge in [-0.25, -0.2) is 9.97 Å². The summed E-state index contributed by atoms with van der Waals surface area (Å²) in [5, 5.41) is 21.7. The number of aromatic hydroxyl groups is 2. The second-order valence-corrected chi connectivity index (χ2v) is 7.92. The third kappa shape index (κ3) is 2.42. The van der Waals surface area contributed by atoms with Gasteiger partial charge in [0.25, 0.3) is 0 Å². The van der Waals surface area contributed by atoms with Gasteiger partial charge in [-0.05, 0) is 36.4 Å². The Morgan fingerprint density at radius 3 is 1.46 bits per heavy atom. The maximum absolute atomic E-state index is 10.1. The van der Waals surface area contributed by atoms with Crippen LogP contribution in [0.5, 0.6) is 11.5 Å². The molecule has 0 aliphatic heterocycles. The van der Waals surface area contributed by atoms with Gasteiger partial charge in [-0.1, -0.05) is 24.3 Å². The molecule has 2 N–H and O–H groups in total. The van der Waals surface area contributed by atoms with Gasteiger partial charge in [-0.2, -0.15) is 0 Å². The quantitative estimate of drug-likeness (QED) is 0.418. The Hall–Kier alpha value is -2.96. The number of para-hydroxylation sites is 2. The van der Waals surface area contributed by atoms with Crippen molar-refractivity contribution >= 4 is 43.1 Å². The lowest BCUT2D eigenvalue weighted by Gasteiger charge is -1.98. The Bertz CT molecular complexity index is 1130. The highest BCUT2D eigenvalue weighted by Gasteiger charge is 2.14. The molecule has 4 nitrogen and oxygen atoms in total. The Labute approximate surface area is 156 Å². The van der Waals surface area contributed by atoms with Gasteiger partial charge in [-0.3, -0.25) is 0 Å². The Balaban J connectivity index is 1.66. The Morgan fingerprint density at radius 2 is 1.04 bits per heavy atom. The minimum Gasteiger partial charge on any atom is -0.507 e. The van der Waals surface area contributed by atoms with E-state index in [-0.39, 0.29) is 11.5 Å². The van der Waals surface area contributed by atoms with Gasteiger partial charge in [-0.15, -0.1) is 22.7 Å². The van der Waals surface area contributed by atoms with E-state index in [1.165, 1.54) is 22.7 Å². The first-order valence-electron chi connectivity index (χ1n) is 7.97. The van der Waals surface area contributed by atoms with Crippen LogP contribution in [0.4, 0.5) is 0 Å². The highest BCUT2D eigenvalue weighted by molar-refractivity contribution is 7.23. The highest BCUT2D eigenvalue weighted by atomic mass is 32.1. The monoisotopic (exact) mass is 376 g/mol. The minimum atomic E-state index is 0.230. The van der Waals surface area contributed by atoms with Crippen LogP contribution in [0.15, 0.2) is 60.7 Å². The van der Waals surface area contributed by atoms with Gasteiger partial charge in [0.2, 0.25) is 0 Å². The summed E-state index contributed by atoms with van der Waals surface area (Å²) in [6, 6.07) is 18.5. The van der Waals surface area contributed by atoms with E-state index in [9.17, 15) is 10.2 Å². The normalized spacial score (nSPS) is 11.4. The molecule has 0 saturated carbocycles. The number of benzene rings is 3. The molecule has 0 aliphatic rings. The summed E-state index contributed by atoms with van der Waals surface area (Å²) < 4.78 is 2.04. The SMILES string of the molecule is Oc1ccccc1-c1nc2cc3sc(-c4ccccc4O)nc3cc2s1. The number of phenols is 2. The van der Waals surface area contributed by atoms with E-state index in [1.807, 2.05) is 36.4 Å². The summed E-state index contributed by atoms with van der Waals surface area (Å²) in [7, 11) is 0. The van der Waals surface area contributed by atoms with Gasteiger partial charge in [0, 0.05) is 0 Å². The van der Waals surface area contributed by atoms with E-state index in [0.717, 1.165) is 41.6 Å². The van der Waals surface area contributed by atoms with Crippen LogP contribution in [0, 0.1) is 0 Å². The molecule has 5 aromatic rings. The van der Waals surface area contributed by atoms with Crippen molar-refractivity contribution in [3.63, 3.8) is 0 Å². The lowest BCUT2D eigenvalue weighted by Crippen LogP contribution is -1.76. The second kappa shape index (κ2) is 5.79. The standard InChI is InChI=1S/C20H12N2O2S2/c23-15-7-3-1-5-11(15)19-21-13-9-18-14(10-17(13)25-19)22-20(26-18)12-6-2-4-8-16(12)24/h1-10,23-24H.